The molecule has 2 aromatic rings. The number of hydrogen-bond acceptors (Lipinski definition) is 3. The molecule has 3 rings (SSSR count). The maximum Gasteiger partial charge on any atom is 0.273 e. The summed E-state index contributed by atoms with van der Waals surface area (Å²) in [5, 5.41) is 0.401. The number of rotatable bonds is 5. The number of carbonyl (C=O) groups is 2. The van der Waals surface area contributed by atoms with Crippen molar-refractivity contribution in [3.63, 3.8) is 0 Å². The molecule has 2 N–H and O–H groups in total. The lowest BCUT2D eigenvalue weighted by atomic mass is 10.2. The lowest BCUT2D eigenvalue weighted by Crippen LogP contribution is -2.40. The lowest BCUT2D eigenvalue weighted by Gasteiger charge is -2.09. The fourth-order valence-corrected chi connectivity index (χ4v) is 3.29. The number of ether oxygens (including phenoxy) is 1. The van der Waals surface area contributed by atoms with Gasteiger partial charge in [0, 0.05) is 28.5 Å². The summed E-state index contributed by atoms with van der Waals surface area (Å²) in [5.74, 6) is -0.571. The van der Waals surface area contributed by atoms with Crippen LogP contribution in [0.3, 0.4) is 0 Å². The Kier molecular flexibility index (Phi) is 5.56. The Morgan fingerprint density at radius 3 is 2.63 bits per heavy atom. The third-order valence-corrected chi connectivity index (χ3v) is 4.79. The van der Waals surface area contributed by atoms with Crippen LogP contribution in [-0.4, -0.2) is 23.5 Å². The molecule has 0 atom stereocenters. The molecule has 1 fully saturated rings. The van der Waals surface area contributed by atoms with Gasteiger partial charge in [-0.1, -0.05) is 11.6 Å². The Balaban J connectivity index is 1.62. The van der Waals surface area contributed by atoms with E-state index < -0.39 is 11.8 Å². The molecule has 0 aliphatic heterocycles. The molecular weight excluding hydrogens is 366 g/mol. The van der Waals surface area contributed by atoms with Gasteiger partial charge in [0.25, 0.3) is 11.8 Å². The maximum absolute atomic E-state index is 12.2. The monoisotopic (exact) mass is 387 g/mol. The molecular formula is C20H22ClN3O3. The first-order valence-corrected chi connectivity index (χ1v) is 9.09. The normalized spacial score (nSPS) is 13.6. The first-order valence-electron chi connectivity index (χ1n) is 8.71. The summed E-state index contributed by atoms with van der Waals surface area (Å²) in [6, 6.07) is 7.34. The van der Waals surface area contributed by atoms with E-state index in [1.165, 1.54) is 37.8 Å². The number of hydrogen-bond donors (Lipinski definition) is 2. The second kappa shape index (κ2) is 7.88. The fourth-order valence-electron chi connectivity index (χ4n) is 3.12. The van der Waals surface area contributed by atoms with Crippen molar-refractivity contribution in [2.45, 2.75) is 32.7 Å². The van der Waals surface area contributed by atoms with Crippen LogP contribution in [0.2, 0.25) is 5.02 Å². The average molecular weight is 388 g/mol. The smallest absolute Gasteiger partial charge is 0.273 e. The Morgan fingerprint density at radius 1 is 1.22 bits per heavy atom. The summed E-state index contributed by atoms with van der Waals surface area (Å²) < 4.78 is 7.45. The van der Waals surface area contributed by atoms with Gasteiger partial charge in [0.05, 0.1) is 12.7 Å². The minimum Gasteiger partial charge on any atom is -0.496 e. The molecule has 6 nitrogen and oxygen atoms in total. The summed E-state index contributed by atoms with van der Waals surface area (Å²) in [6.45, 7) is 4.12. The molecule has 0 unspecified atom stereocenters. The van der Waals surface area contributed by atoms with Crippen molar-refractivity contribution in [1.82, 2.24) is 15.4 Å². The number of carbonyl (C=O) groups excluding carboxylic acids is 2. The standard InChI is InChI=1S/C20H22ClN3O3/c1-12-10-14(13(2)24(12)16-6-7-16)4-9-19(25)22-23-20(26)17-11-15(21)5-8-18(17)27-3/h4-5,8-11,16H,6-7H2,1-3H3,(H,22,25)(H,23,26)/b9-4+. The molecule has 0 bridgehead atoms. The van der Waals surface area contributed by atoms with Gasteiger partial charge in [-0.3, -0.25) is 20.4 Å². The molecule has 1 aromatic heterocycles. The van der Waals surface area contributed by atoms with Gasteiger partial charge in [-0.25, -0.2) is 0 Å². The van der Waals surface area contributed by atoms with Crippen molar-refractivity contribution < 1.29 is 14.3 Å². The van der Waals surface area contributed by atoms with Crippen LogP contribution in [0.1, 0.15) is 46.2 Å². The Bertz CT molecular complexity index is 913. The van der Waals surface area contributed by atoms with Crippen LogP contribution in [0, 0.1) is 13.8 Å². The van der Waals surface area contributed by atoms with E-state index in [4.69, 9.17) is 16.3 Å². The van der Waals surface area contributed by atoms with Crippen LogP contribution in [0.15, 0.2) is 30.3 Å². The first kappa shape index (κ1) is 19.0. The van der Waals surface area contributed by atoms with Crippen molar-refractivity contribution in [3.8, 4) is 5.75 Å². The largest absolute Gasteiger partial charge is 0.496 e. The number of aryl methyl sites for hydroxylation is 1. The summed E-state index contributed by atoms with van der Waals surface area (Å²) in [4.78, 5) is 24.3. The Morgan fingerprint density at radius 2 is 1.96 bits per heavy atom. The van der Waals surface area contributed by atoms with Crippen molar-refractivity contribution in [3.05, 3.63) is 57.9 Å². The number of benzene rings is 1. The van der Waals surface area contributed by atoms with Crippen molar-refractivity contribution in [1.29, 1.82) is 0 Å². The zero-order valence-corrected chi connectivity index (χ0v) is 16.3. The number of hydrazine groups is 1. The van der Waals surface area contributed by atoms with E-state index in [9.17, 15) is 9.59 Å². The summed E-state index contributed by atoms with van der Waals surface area (Å²) in [6.07, 6.45) is 5.56. The SMILES string of the molecule is COc1ccc(Cl)cc1C(=O)NNC(=O)/C=C/c1cc(C)n(C2CC2)c1C. The molecule has 7 heteroatoms. The predicted octanol–water partition coefficient (Wildman–Crippen LogP) is 3.58. The highest BCUT2D eigenvalue weighted by atomic mass is 35.5. The highest BCUT2D eigenvalue weighted by molar-refractivity contribution is 6.31. The number of nitrogens with one attached hydrogen (secondary N) is 2. The van der Waals surface area contributed by atoms with Gasteiger partial charge >= 0.3 is 0 Å². The van der Waals surface area contributed by atoms with E-state index in [-0.39, 0.29) is 5.56 Å². The Labute approximate surface area is 163 Å². The molecule has 27 heavy (non-hydrogen) atoms. The van der Waals surface area contributed by atoms with Crippen LogP contribution < -0.4 is 15.6 Å². The summed E-state index contributed by atoms with van der Waals surface area (Å²) in [5.41, 5.74) is 8.30. The number of aromatic nitrogens is 1. The minimum atomic E-state index is -0.511. The number of amides is 2. The zero-order chi connectivity index (χ0) is 19.6. The maximum atomic E-state index is 12.2. The van der Waals surface area contributed by atoms with Gasteiger partial charge in [-0.05, 0) is 62.6 Å². The quantitative estimate of drug-likeness (QED) is 0.608. The first-order chi connectivity index (χ1) is 12.9. The second-order valence-corrected chi connectivity index (χ2v) is 6.99. The van der Waals surface area contributed by atoms with Gasteiger partial charge in [-0.15, -0.1) is 0 Å². The summed E-state index contributed by atoms with van der Waals surface area (Å²) >= 11 is 5.92. The van der Waals surface area contributed by atoms with Crippen LogP contribution >= 0.6 is 11.6 Å². The van der Waals surface area contributed by atoms with Crippen molar-refractivity contribution in [2.75, 3.05) is 7.11 Å². The number of methoxy groups -OCH3 is 1. The van der Waals surface area contributed by atoms with Gasteiger partial charge in [0.2, 0.25) is 0 Å². The van der Waals surface area contributed by atoms with E-state index in [0.717, 1.165) is 11.3 Å². The highest BCUT2D eigenvalue weighted by Crippen LogP contribution is 2.38. The van der Waals surface area contributed by atoms with E-state index in [0.29, 0.717) is 16.8 Å². The fraction of sp³-hybridized carbons (Fsp3) is 0.300. The van der Waals surface area contributed by atoms with Crippen molar-refractivity contribution in [2.24, 2.45) is 0 Å². The molecule has 1 aromatic carbocycles. The van der Waals surface area contributed by atoms with E-state index in [2.05, 4.69) is 35.3 Å². The molecule has 1 aliphatic carbocycles. The Hall–Kier alpha value is -2.73. The van der Waals surface area contributed by atoms with E-state index >= 15 is 0 Å². The van der Waals surface area contributed by atoms with Gasteiger partial charge in [0.1, 0.15) is 5.75 Å². The molecule has 2 amide bonds. The van der Waals surface area contributed by atoms with Crippen LogP contribution in [0.25, 0.3) is 6.08 Å². The van der Waals surface area contributed by atoms with Gasteiger partial charge in [-0.2, -0.15) is 0 Å². The van der Waals surface area contributed by atoms with E-state index in [1.807, 2.05) is 0 Å². The molecule has 0 radical (unpaired) electrons. The summed E-state index contributed by atoms with van der Waals surface area (Å²) in [7, 11) is 1.46. The average Bonchev–Trinajstić information content (AvgIpc) is 3.43. The molecule has 142 valence electrons. The van der Waals surface area contributed by atoms with Crippen molar-refractivity contribution >= 4 is 29.5 Å². The molecule has 1 saturated carbocycles. The third-order valence-electron chi connectivity index (χ3n) is 4.56. The number of nitrogens with zero attached hydrogens (tertiary/aromatic N) is 1. The molecule has 1 aliphatic rings. The van der Waals surface area contributed by atoms with Crippen LogP contribution in [0.4, 0.5) is 0 Å². The lowest BCUT2D eigenvalue weighted by molar-refractivity contribution is -0.117. The highest BCUT2D eigenvalue weighted by Gasteiger charge is 2.26. The molecule has 0 saturated heterocycles. The van der Waals surface area contributed by atoms with Crippen LogP contribution in [0.5, 0.6) is 5.75 Å². The van der Waals surface area contributed by atoms with E-state index in [1.54, 1.807) is 18.2 Å². The predicted molar refractivity (Wildman–Crippen MR) is 105 cm³/mol. The second-order valence-electron chi connectivity index (χ2n) is 6.55. The molecule has 1 heterocycles. The van der Waals surface area contributed by atoms with Crippen LogP contribution in [-0.2, 0) is 4.79 Å². The molecule has 0 spiro atoms. The number of halogens is 1. The van der Waals surface area contributed by atoms with Gasteiger partial charge in [0.15, 0.2) is 0 Å². The topological polar surface area (TPSA) is 72.4 Å². The zero-order valence-electron chi connectivity index (χ0n) is 15.5. The third kappa shape index (κ3) is 4.34. The minimum absolute atomic E-state index is 0.238. The van der Waals surface area contributed by atoms with Gasteiger partial charge < -0.3 is 9.30 Å².